The smallest absolute Gasteiger partial charge is 0.306 e. The number of carbonyl (C=O) groups is 1. The van der Waals surface area contributed by atoms with Crippen molar-refractivity contribution in [2.45, 2.75) is 12.8 Å². The van der Waals surface area contributed by atoms with E-state index in [0.29, 0.717) is 6.42 Å². The number of ether oxygens (including phenoxy) is 1. The number of aryl methyl sites for hydroxylation is 1. The molecule has 0 aliphatic rings. The number of aliphatic hydroxyl groups is 3. The summed E-state index contributed by atoms with van der Waals surface area (Å²) in [6.45, 7) is -1.48. The Morgan fingerprint density at radius 2 is 1.89 bits per heavy atom. The molecule has 0 aliphatic carbocycles. The Balaban J connectivity index is 0.00000324. The van der Waals surface area contributed by atoms with Crippen LogP contribution < -0.4 is 0 Å². The maximum atomic E-state index is 11.5. The number of thiophene rings is 1. The van der Waals surface area contributed by atoms with Gasteiger partial charge in [0.15, 0.2) is 0 Å². The van der Waals surface area contributed by atoms with Crippen molar-refractivity contribution in [1.82, 2.24) is 0 Å². The van der Waals surface area contributed by atoms with E-state index >= 15 is 0 Å². The normalized spacial score (nSPS) is 10.9. The van der Waals surface area contributed by atoms with E-state index in [-0.39, 0.29) is 61.9 Å². The molecule has 0 saturated heterocycles. The van der Waals surface area contributed by atoms with Gasteiger partial charge in [-0.15, -0.1) is 0 Å². The maximum absolute atomic E-state index is 11.5. The van der Waals surface area contributed by atoms with Crippen molar-refractivity contribution in [3.05, 3.63) is 22.4 Å². The molecular weight excluding hydrogens is 394 g/mol. The van der Waals surface area contributed by atoms with Gasteiger partial charge in [-0.05, 0) is 28.8 Å². The van der Waals surface area contributed by atoms with Crippen molar-refractivity contribution >= 4 is 66.2 Å². The van der Waals surface area contributed by atoms with E-state index in [1.165, 1.54) is 0 Å². The Kier molecular flexibility index (Phi) is 10.7. The molecule has 5 nitrogen and oxygen atoms in total. The molecule has 0 saturated carbocycles. The van der Waals surface area contributed by atoms with Crippen molar-refractivity contribution in [2.24, 2.45) is 5.41 Å². The zero-order chi connectivity index (χ0) is 13.4. The second-order valence-corrected chi connectivity index (χ2v) is 5.05. The molecule has 19 heavy (non-hydrogen) atoms. The Hall–Kier alpha value is 0.621. The van der Waals surface area contributed by atoms with Crippen LogP contribution in [0.4, 0.5) is 0 Å². The van der Waals surface area contributed by atoms with Gasteiger partial charge in [0.25, 0.3) is 0 Å². The summed E-state index contributed by atoms with van der Waals surface area (Å²) in [5.74, 6) is -0.402. The van der Waals surface area contributed by atoms with Gasteiger partial charge < -0.3 is 20.1 Å². The standard InChI is InChI=1S/C12H18O5S.Ba/c13-6-12(7-14,8-15)9-17-11(16)2-1-10-3-4-18-5-10;/h3-5,13-15H,1-2,6-9H2;. The molecule has 0 spiro atoms. The molecule has 0 aliphatic heterocycles. The number of hydrogen-bond acceptors (Lipinski definition) is 6. The summed E-state index contributed by atoms with van der Waals surface area (Å²) in [6.07, 6.45) is 0.849. The molecule has 0 unspecified atom stereocenters. The number of hydrogen-bond donors (Lipinski definition) is 3. The summed E-state index contributed by atoms with van der Waals surface area (Å²) < 4.78 is 4.96. The van der Waals surface area contributed by atoms with Crippen LogP contribution in [-0.4, -0.2) is 96.6 Å². The average molecular weight is 412 g/mol. The van der Waals surface area contributed by atoms with Crippen LogP contribution in [0.15, 0.2) is 16.8 Å². The molecule has 0 amide bonds. The van der Waals surface area contributed by atoms with Crippen LogP contribution >= 0.6 is 11.3 Å². The van der Waals surface area contributed by atoms with Crippen LogP contribution in [0.3, 0.4) is 0 Å². The molecule has 1 aromatic heterocycles. The average Bonchev–Trinajstić information content (AvgIpc) is 2.92. The minimum absolute atomic E-state index is 0. The Labute approximate surface area is 156 Å². The second kappa shape index (κ2) is 10.4. The van der Waals surface area contributed by atoms with Gasteiger partial charge in [0.1, 0.15) is 6.61 Å². The summed E-state index contributed by atoms with van der Waals surface area (Å²) >= 11 is 1.57. The van der Waals surface area contributed by atoms with Crippen LogP contribution in [0.25, 0.3) is 0 Å². The summed E-state index contributed by atoms with van der Waals surface area (Å²) in [5.41, 5.74) is -0.0763. The van der Waals surface area contributed by atoms with Gasteiger partial charge >= 0.3 is 5.97 Å². The van der Waals surface area contributed by atoms with Crippen molar-refractivity contribution in [3.8, 4) is 0 Å². The van der Waals surface area contributed by atoms with Crippen LogP contribution in [-0.2, 0) is 16.0 Å². The second-order valence-electron chi connectivity index (χ2n) is 4.27. The predicted molar refractivity (Wildman–Crippen MR) is 73.0 cm³/mol. The first-order valence-corrected chi connectivity index (χ1v) is 6.59. The summed E-state index contributed by atoms with van der Waals surface area (Å²) in [7, 11) is 0. The van der Waals surface area contributed by atoms with Gasteiger partial charge in [-0.1, -0.05) is 0 Å². The first-order chi connectivity index (χ1) is 8.65. The molecule has 1 rings (SSSR count). The molecule has 104 valence electrons. The maximum Gasteiger partial charge on any atom is 0.306 e. The minimum Gasteiger partial charge on any atom is -0.465 e. The Bertz CT molecular complexity index is 343. The Morgan fingerprint density at radius 1 is 1.26 bits per heavy atom. The fourth-order valence-corrected chi connectivity index (χ4v) is 1.98. The minimum atomic E-state index is -1.15. The van der Waals surface area contributed by atoms with Gasteiger partial charge in [0.05, 0.1) is 25.2 Å². The van der Waals surface area contributed by atoms with E-state index in [9.17, 15) is 4.79 Å². The molecule has 1 aromatic rings. The third-order valence-electron chi connectivity index (χ3n) is 2.74. The summed E-state index contributed by atoms with van der Waals surface area (Å²) in [5, 5.41) is 31.1. The first kappa shape index (κ1) is 19.6. The van der Waals surface area contributed by atoms with E-state index in [1.54, 1.807) is 11.3 Å². The molecule has 7 heteroatoms. The molecule has 1 heterocycles. The quantitative estimate of drug-likeness (QED) is 0.408. The number of carbonyl (C=O) groups excluding carboxylic acids is 1. The molecule has 3 N–H and O–H groups in total. The molecule has 0 atom stereocenters. The van der Waals surface area contributed by atoms with E-state index in [2.05, 4.69) is 0 Å². The van der Waals surface area contributed by atoms with Crippen molar-refractivity contribution in [1.29, 1.82) is 0 Å². The van der Waals surface area contributed by atoms with Gasteiger partial charge in [-0.2, -0.15) is 11.3 Å². The Morgan fingerprint density at radius 3 is 2.37 bits per heavy atom. The molecular formula is C12H18BaO5S. The zero-order valence-corrected chi connectivity index (χ0v) is 16.0. The van der Waals surface area contributed by atoms with Gasteiger partial charge in [0, 0.05) is 55.3 Å². The zero-order valence-electron chi connectivity index (χ0n) is 10.7. The number of esters is 1. The largest absolute Gasteiger partial charge is 0.465 e. The third-order valence-corrected chi connectivity index (χ3v) is 3.48. The number of rotatable bonds is 8. The monoisotopic (exact) mass is 412 g/mol. The van der Waals surface area contributed by atoms with E-state index < -0.39 is 31.2 Å². The number of aliphatic hydroxyl groups excluding tert-OH is 3. The fraction of sp³-hybridized carbons (Fsp3) is 0.583. The van der Waals surface area contributed by atoms with Crippen molar-refractivity contribution < 1.29 is 24.9 Å². The van der Waals surface area contributed by atoms with Gasteiger partial charge in [-0.3, -0.25) is 4.79 Å². The fourth-order valence-electron chi connectivity index (χ4n) is 1.27. The van der Waals surface area contributed by atoms with E-state index in [4.69, 9.17) is 20.1 Å². The molecule has 0 aromatic carbocycles. The van der Waals surface area contributed by atoms with Crippen molar-refractivity contribution in [2.75, 3.05) is 26.4 Å². The molecule has 0 bridgehead atoms. The third kappa shape index (κ3) is 6.74. The van der Waals surface area contributed by atoms with Crippen LogP contribution in [0.2, 0.25) is 0 Å². The van der Waals surface area contributed by atoms with Crippen LogP contribution in [0.5, 0.6) is 0 Å². The first-order valence-electron chi connectivity index (χ1n) is 5.65. The summed E-state index contributed by atoms with van der Waals surface area (Å²) in [4.78, 5) is 11.5. The van der Waals surface area contributed by atoms with Gasteiger partial charge in [-0.25, -0.2) is 0 Å². The molecule has 0 fully saturated rings. The summed E-state index contributed by atoms with van der Waals surface area (Å²) in [6, 6.07) is 1.94. The SMILES string of the molecule is O=C(CCc1ccsc1)OCC(CO)(CO)CO.[Ba]. The van der Waals surface area contributed by atoms with Crippen LogP contribution in [0, 0.1) is 5.41 Å². The van der Waals surface area contributed by atoms with Gasteiger partial charge in [0.2, 0.25) is 0 Å². The van der Waals surface area contributed by atoms with E-state index in [1.807, 2.05) is 16.8 Å². The van der Waals surface area contributed by atoms with Crippen molar-refractivity contribution in [3.63, 3.8) is 0 Å². The topological polar surface area (TPSA) is 87.0 Å². The van der Waals surface area contributed by atoms with Crippen LogP contribution in [0.1, 0.15) is 12.0 Å². The molecule has 2 radical (unpaired) electrons. The van der Waals surface area contributed by atoms with E-state index in [0.717, 1.165) is 5.56 Å². The predicted octanol–water partition coefficient (Wildman–Crippen LogP) is -0.194.